The van der Waals surface area contributed by atoms with Gasteiger partial charge in [0.05, 0.1) is 4.92 Å². The summed E-state index contributed by atoms with van der Waals surface area (Å²) in [5.74, 6) is -0.326. The van der Waals surface area contributed by atoms with Gasteiger partial charge in [-0.25, -0.2) is 0 Å². The minimum Gasteiger partial charge on any atom is -0.326 e. The fourth-order valence-corrected chi connectivity index (χ4v) is 2.32. The van der Waals surface area contributed by atoms with Crippen LogP contribution >= 0.6 is 0 Å². The van der Waals surface area contributed by atoms with Crippen LogP contribution in [-0.4, -0.2) is 26.4 Å². The highest BCUT2D eigenvalue weighted by Crippen LogP contribution is 2.22. The van der Waals surface area contributed by atoms with E-state index in [2.05, 4.69) is 10.4 Å². The van der Waals surface area contributed by atoms with E-state index in [4.69, 9.17) is 0 Å². The molecule has 1 heterocycles. The lowest BCUT2D eigenvalue weighted by atomic mass is 10.1. The number of Topliss-reactive ketones (excluding diaryl/α,β-unsaturated/α-hetero) is 1. The van der Waals surface area contributed by atoms with E-state index in [0.29, 0.717) is 23.4 Å². The van der Waals surface area contributed by atoms with E-state index in [-0.39, 0.29) is 29.6 Å². The quantitative estimate of drug-likeness (QED) is 0.498. The standard InChI is InChI=1S/C16H18N4O4/c1-4-15(22)17-13-7-5-12(6-8-13)14(21)9-19-11(3)16(20(23)24)10(2)18-19/h5-8H,4,9H2,1-3H3,(H,17,22). The largest absolute Gasteiger partial charge is 0.326 e. The smallest absolute Gasteiger partial charge is 0.312 e. The molecule has 1 N–H and O–H groups in total. The molecule has 0 spiro atoms. The fraction of sp³-hybridized carbons (Fsp3) is 0.312. The highest BCUT2D eigenvalue weighted by Gasteiger charge is 2.23. The topological polar surface area (TPSA) is 107 Å². The summed E-state index contributed by atoms with van der Waals surface area (Å²) in [5, 5.41) is 17.8. The van der Waals surface area contributed by atoms with E-state index in [1.54, 1.807) is 38.1 Å². The molecule has 0 aliphatic rings. The number of hydrogen-bond donors (Lipinski definition) is 1. The van der Waals surface area contributed by atoms with Crippen LogP contribution in [0.25, 0.3) is 0 Å². The van der Waals surface area contributed by atoms with Gasteiger partial charge in [0.2, 0.25) is 5.91 Å². The summed E-state index contributed by atoms with van der Waals surface area (Å²) in [5.41, 5.74) is 1.61. The molecular formula is C16H18N4O4. The van der Waals surface area contributed by atoms with Crippen molar-refractivity contribution in [3.63, 3.8) is 0 Å². The molecule has 0 atom stereocenters. The number of carbonyl (C=O) groups is 2. The lowest BCUT2D eigenvalue weighted by molar-refractivity contribution is -0.386. The molecule has 1 aromatic carbocycles. The number of nitrogens with one attached hydrogen (secondary N) is 1. The molecule has 0 saturated heterocycles. The number of rotatable bonds is 6. The molecule has 24 heavy (non-hydrogen) atoms. The minimum atomic E-state index is -0.496. The van der Waals surface area contributed by atoms with E-state index in [9.17, 15) is 19.7 Å². The van der Waals surface area contributed by atoms with Gasteiger partial charge >= 0.3 is 5.69 Å². The Morgan fingerprint density at radius 2 is 1.88 bits per heavy atom. The van der Waals surface area contributed by atoms with Crippen LogP contribution in [0.3, 0.4) is 0 Å². The predicted molar refractivity (Wildman–Crippen MR) is 88.0 cm³/mol. The summed E-state index contributed by atoms with van der Waals surface area (Å²) in [6, 6.07) is 6.50. The molecule has 0 radical (unpaired) electrons. The SMILES string of the molecule is CCC(=O)Nc1ccc(C(=O)Cn2nc(C)c([N+](=O)[O-])c2C)cc1. The molecule has 0 fully saturated rings. The van der Waals surface area contributed by atoms with Crippen LogP contribution in [0, 0.1) is 24.0 Å². The van der Waals surface area contributed by atoms with E-state index in [0.717, 1.165) is 0 Å². The van der Waals surface area contributed by atoms with E-state index < -0.39 is 4.92 Å². The van der Waals surface area contributed by atoms with Gasteiger partial charge in [-0.05, 0) is 38.1 Å². The monoisotopic (exact) mass is 330 g/mol. The van der Waals surface area contributed by atoms with Gasteiger partial charge in [0.15, 0.2) is 5.78 Å². The number of carbonyl (C=O) groups excluding carboxylic acids is 2. The first-order valence-corrected chi connectivity index (χ1v) is 7.45. The van der Waals surface area contributed by atoms with Crippen LogP contribution in [0.5, 0.6) is 0 Å². The number of amides is 1. The number of ketones is 1. The number of benzene rings is 1. The van der Waals surface area contributed by atoms with E-state index >= 15 is 0 Å². The number of nitrogens with zero attached hydrogens (tertiary/aromatic N) is 3. The zero-order valence-corrected chi connectivity index (χ0v) is 13.7. The maximum atomic E-state index is 12.3. The molecule has 1 aromatic heterocycles. The maximum absolute atomic E-state index is 12.3. The van der Waals surface area contributed by atoms with Crippen molar-refractivity contribution in [3.8, 4) is 0 Å². The Hall–Kier alpha value is -3.03. The summed E-state index contributed by atoms with van der Waals surface area (Å²) in [6.45, 7) is 4.77. The molecule has 8 nitrogen and oxygen atoms in total. The molecule has 0 aliphatic heterocycles. The van der Waals surface area contributed by atoms with Gasteiger partial charge in [0.1, 0.15) is 17.9 Å². The van der Waals surface area contributed by atoms with Crippen molar-refractivity contribution < 1.29 is 14.5 Å². The molecule has 8 heteroatoms. The van der Waals surface area contributed by atoms with Crippen molar-refractivity contribution >= 4 is 23.1 Å². The van der Waals surface area contributed by atoms with Crippen molar-refractivity contribution in [2.45, 2.75) is 33.7 Å². The molecule has 2 aromatic rings. The number of hydrogen-bond acceptors (Lipinski definition) is 5. The van der Waals surface area contributed by atoms with Gasteiger partial charge in [-0.1, -0.05) is 6.92 Å². The van der Waals surface area contributed by atoms with Gasteiger partial charge in [0.25, 0.3) is 0 Å². The van der Waals surface area contributed by atoms with E-state index in [1.807, 2.05) is 0 Å². The molecule has 126 valence electrons. The van der Waals surface area contributed by atoms with Crippen LogP contribution in [0.2, 0.25) is 0 Å². The zero-order chi connectivity index (χ0) is 17.9. The van der Waals surface area contributed by atoms with Crippen molar-refractivity contribution in [2.24, 2.45) is 0 Å². The fourth-order valence-electron chi connectivity index (χ4n) is 2.32. The summed E-state index contributed by atoms with van der Waals surface area (Å²) in [7, 11) is 0. The van der Waals surface area contributed by atoms with Crippen LogP contribution < -0.4 is 5.32 Å². The first kappa shape index (κ1) is 17.3. The molecule has 1 amide bonds. The second-order valence-corrected chi connectivity index (χ2v) is 5.34. The summed E-state index contributed by atoms with van der Waals surface area (Å²) < 4.78 is 1.34. The van der Waals surface area contributed by atoms with Crippen LogP contribution in [0.1, 0.15) is 35.1 Å². The first-order valence-electron chi connectivity index (χ1n) is 7.45. The first-order chi connectivity index (χ1) is 11.3. The van der Waals surface area contributed by atoms with Gasteiger partial charge in [-0.3, -0.25) is 24.4 Å². The highest BCUT2D eigenvalue weighted by molar-refractivity contribution is 5.97. The van der Waals surface area contributed by atoms with Crippen LogP contribution in [0.15, 0.2) is 24.3 Å². The summed E-state index contributed by atoms with van der Waals surface area (Å²) >= 11 is 0. The average Bonchev–Trinajstić information content (AvgIpc) is 2.81. The summed E-state index contributed by atoms with van der Waals surface area (Å²) in [6.07, 6.45) is 0.372. The minimum absolute atomic E-state index is 0.0691. The van der Waals surface area contributed by atoms with Gasteiger partial charge in [-0.15, -0.1) is 0 Å². The van der Waals surface area contributed by atoms with Crippen LogP contribution in [0.4, 0.5) is 11.4 Å². The second-order valence-electron chi connectivity index (χ2n) is 5.34. The molecule has 0 aliphatic carbocycles. The van der Waals surface area contributed by atoms with Crippen LogP contribution in [-0.2, 0) is 11.3 Å². The number of aromatic nitrogens is 2. The molecule has 0 saturated carbocycles. The number of nitro groups is 1. The highest BCUT2D eigenvalue weighted by atomic mass is 16.6. The van der Waals surface area contributed by atoms with Crippen molar-refractivity contribution in [1.29, 1.82) is 0 Å². The lowest BCUT2D eigenvalue weighted by Crippen LogP contribution is -2.14. The molecular weight excluding hydrogens is 312 g/mol. The number of aryl methyl sites for hydroxylation is 1. The molecule has 2 rings (SSSR count). The van der Waals surface area contributed by atoms with E-state index in [1.165, 1.54) is 11.6 Å². The maximum Gasteiger partial charge on any atom is 0.312 e. The third-order valence-corrected chi connectivity index (χ3v) is 3.63. The Balaban J connectivity index is 2.14. The predicted octanol–water partition coefficient (Wildman–Crippen LogP) is 2.64. The number of anilines is 1. The second kappa shape index (κ2) is 7.03. The molecule has 0 bridgehead atoms. The van der Waals surface area contributed by atoms with Gasteiger partial charge < -0.3 is 5.32 Å². The Kier molecular flexibility index (Phi) is 5.08. The Morgan fingerprint density at radius 3 is 2.38 bits per heavy atom. The van der Waals surface area contributed by atoms with Gasteiger partial charge in [-0.2, -0.15) is 5.10 Å². The lowest BCUT2D eigenvalue weighted by Gasteiger charge is -2.06. The third kappa shape index (κ3) is 3.65. The van der Waals surface area contributed by atoms with Gasteiger partial charge in [0, 0.05) is 17.7 Å². The van der Waals surface area contributed by atoms with Crippen molar-refractivity contribution in [3.05, 3.63) is 51.3 Å². The van der Waals surface area contributed by atoms with Crippen molar-refractivity contribution in [2.75, 3.05) is 5.32 Å². The Morgan fingerprint density at radius 1 is 1.25 bits per heavy atom. The summed E-state index contributed by atoms with van der Waals surface area (Å²) in [4.78, 5) is 34.2. The zero-order valence-electron chi connectivity index (χ0n) is 13.7. The molecule has 0 unspecified atom stereocenters. The normalized spacial score (nSPS) is 10.5. The third-order valence-electron chi connectivity index (χ3n) is 3.63. The van der Waals surface area contributed by atoms with Crippen molar-refractivity contribution in [1.82, 2.24) is 9.78 Å². The average molecular weight is 330 g/mol. The Bertz CT molecular complexity index is 793. The Labute approximate surface area is 138 Å².